The van der Waals surface area contributed by atoms with Crippen molar-refractivity contribution in [1.82, 2.24) is 0 Å². The van der Waals surface area contributed by atoms with Crippen molar-refractivity contribution in [2.75, 3.05) is 17.5 Å². The number of ether oxygens (including phenoxy) is 1. The zero-order chi connectivity index (χ0) is 23.3. The zero-order valence-corrected chi connectivity index (χ0v) is 19.5. The Morgan fingerprint density at radius 2 is 1.72 bits per heavy atom. The fourth-order valence-electron chi connectivity index (χ4n) is 3.21. The highest BCUT2D eigenvalue weighted by molar-refractivity contribution is 7.92. The van der Waals surface area contributed by atoms with Crippen molar-refractivity contribution in [3.8, 4) is 6.07 Å². The molecule has 0 spiro atoms. The second kappa shape index (κ2) is 10.2. The summed E-state index contributed by atoms with van der Waals surface area (Å²) in [6.07, 6.45) is 1.50. The van der Waals surface area contributed by atoms with Gasteiger partial charge in [0.25, 0.3) is 10.0 Å². The second-order valence-electron chi connectivity index (χ2n) is 6.98. The van der Waals surface area contributed by atoms with Gasteiger partial charge >= 0.3 is 5.97 Å². The number of hydrogen-bond donors (Lipinski definition) is 0. The number of carbonyl (C=O) groups excluding carboxylic acids is 1. The monoisotopic (exact) mass is 490 g/mol. The molecule has 9 heteroatoms. The van der Waals surface area contributed by atoms with E-state index >= 15 is 0 Å². The van der Waals surface area contributed by atoms with Gasteiger partial charge in [-0.2, -0.15) is 5.26 Å². The average Bonchev–Trinajstić information content (AvgIpc) is 2.76. The van der Waals surface area contributed by atoms with E-state index in [9.17, 15) is 18.5 Å². The van der Waals surface area contributed by atoms with Gasteiger partial charge in [-0.1, -0.05) is 60.8 Å². The molecular weight excluding hydrogens is 471 g/mol. The third-order valence-corrected chi connectivity index (χ3v) is 6.92. The van der Waals surface area contributed by atoms with Crippen LogP contribution in [-0.2, 0) is 19.6 Å². The van der Waals surface area contributed by atoms with Crippen LogP contribution in [0.1, 0.15) is 25.3 Å². The molecule has 0 aliphatic heterocycles. The van der Waals surface area contributed by atoms with Crippen LogP contribution in [0.2, 0.25) is 10.0 Å². The summed E-state index contributed by atoms with van der Waals surface area (Å²) in [6, 6.07) is 16.0. The van der Waals surface area contributed by atoms with Gasteiger partial charge in [0, 0.05) is 20.8 Å². The van der Waals surface area contributed by atoms with Gasteiger partial charge in [0.2, 0.25) is 0 Å². The smallest absolute Gasteiger partial charge is 0.326 e. The first-order valence-electron chi connectivity index (χ1n) is 9.84. The maximum atomic E-state index is 13.6. The van der Waals surface area contributed by atoms with Crippen LogP contribution < -0.4 is 4.31 Å². The van der Waals surface area contributed by atoms with Gasteiger partial charge in [0.1, 0.15) is 6.54 Å². The van der Waals surface area contributed by atoms with Crippen LogP contribution in [0, 0.1) is 11.3 Å². The molecule has 3 rings (SSSR count). The number of fused-ring (bicyclic) bond motifs is 1. The summed E-state index contributed by atoms with van der Waals surface area (Å²) in [4.78, 5) is 12.4. The number of anilines is 1. The molecule has 0 radical (unpaired) electrons. The molecule has 0 amide bonds. The lowest BCUT2D eigenvalue weighted by Crippen LogP contribution is -2.37. The lowest BCUT2D eigenvalue weighted by molar-refractivity contribution is -0.141. The largest absolute Gasteiger partial charge is 0.464 e. The van der Waals surface area contributed by atoms with Crippen LogP contribution in [0.5, 0.6) is 0 Å². The van der Waals surface area contributed by atoms with Gasteiger partial charge in [0.15, 0.2) is 0 Å². The molecule has 32 heavy (non-hydrogen) atoms. The Morgan fingerprint density at radius 1 is 1.06 bits per heavy atom. The van der Waals surface area contributed by atoms with Crippen LogP contribution in [-0.4, -0.2) is 27.5 Å². The predicted octanol–water partition coefficient (Wildman–Crippen LogP) is 5.56. The molecule has 0 fully saturated rings. The van der Waals surface area contributed by atoms with Gasteiger partial charge < -0.3 is 4.74 Å². The summed E-state index contributed by atoms with van der Waals surface area (Å²) in [6.45, 7) is 1.60. The normalized spacial score (nSPS) is 11.2. The molecular formula is C23H20Cl2N2O4S. The molecule has 0 saturated heterocycles. The molecule has 166 valence electrons. The standard InChI is InChI=1S/C23H20Cl2N2O4S/c1-2-3-10-31-23(28)15-27(32(29,30)19-12-17(24)11-18(25)13-19)22-9-5-7-20-16(14-26)6-4-8-21(20)22/h4-9,11-13H,2-3,10,15H2,1H3. The Bertz CT molecular complexity index is 1280. The third-order valence-electron chi connectivity index (χ3n) is 4.75. The highest BCUT2D eigenvalue weighted by Crippen LogP contribution is 2.34. The van der Waals surface area contributed by atoms with E-state index in [4.69, 9.17) is 27.9 Å². The average molecular weight is 491 g/mol. The van der Waals surface area contributed by atoms with Crippen molar-refractivity contribution in [1.29, 1.82) is 5.26 Å². The fourth-order valence-corrected chi connectivity index (χ4v) is 5.36. The quantitative estimate of drug-likeness (QED) is 0.304. The summed E-state index contributed by atoms with van der Waals surface area (Å²) in [5.74, 6) is -0.691. The Kier molecular flexibility index (Phi) is 7.62. The van der Waals surface area contributed by atoms with Crippen molar-refractivity contribution in [3.05, 3.63) is 70.2 Å². The number of sulfonamides is 1. The minimum Gasteiger partial charge on any atom is -0.464 e. The van der Waals surface area contributed by atoms with E-state index in [2.05, 4.69) is 6.07 Å². The van der Waals surface area contributed by atoms with Gasteiger partial charge in [-0.05, 0) is 36.8 Å². The molecule has 0 bridgehead atoms. The van der Waals surface area contributed by atoms with E-state index in [-0.39, 0.29) is 27.2 Å². The summed E-state index contributed by atoms with van der Waals surface area (Å²) in [5, 5.41) is 10.8. The van der Waals surface area contributed by atoms with E-state index in [1.54, 1.807) is 36.4 Å². The number of nitriles is 1. The number of rotatable bonds is 8. The van der Waals surface area contributed by atoms with Crippen molar-refractivity contribution >= 4 is 55.7 Å². The summed E-state index contributed by atoms with van der Waals surface area (Å²) in [5.41, 5.74) is 0.626. The SMILES string of the molecule is CCCCOC(=O)CN(c1cccc2c(C#N)cccc12)S(=O)(=O)c1cc(Cl)cc(Cl)c1. The lowest BCUT2D eigenvalue weighted by Gasteiger charge is -2.25. The van der Waals surface area contributed by atoms with E-state index in [1.807, 2.05) is 6.92 Å². The van der Waals surface area contributed by atoms with Crippen LogP contribution in [0.15, 0.2) is 59.5 Å². The molecule has 0 atom stereocenters. The number of carbonyl (C=O) groups is 1. The van der Waals surface area contributed by atoms with Crippen LogP contribution >= 0.6 is 23.2 Å². The Hall–Kier alpha value is -2.79. The topological polar surface area (TPSA) is 87.5 Å². The summed E-state index contributed by atoms with van der Waals surface area (Å²) in [7, 11) is -4.26. The number of esters is 1. The maximum absolute atomic E-state index is 13.6. The minimum atomic E-state index is -4.26. The van der Waals surface area contributed by atoms with E-state index in [0.717, 1.165) is 10.7 Å². The molecule has 0 aliphatic carbocycles. The third kappa shape index (κ3) is 5.16. The maximum Gasteiger partial charge on any atom is 0.326 e. The van der Waals surface area contributed by atoms with Gasteiger partial charge in [-0.25, -0.2) is 8.42 Å². The molecule has 0 aromatic heterocycles. The van der Waals surface area contributed by atoms with E-state index in [0.29, 0.717) is 22.8 Å². The van der Waals surface area contributed by atoms with Gasteiger partial charge in [-0.15, -0.1) is 0 Å². The first kappa shape index (κ1) is 23.9. The van der Waals surface area contributed by atoms with Crippen molar-refractivity contribution in [2.24, 2.45) is 0 Å². The number of benzene rings is 3. The predicted molar refractivity (Wildman–Crippen MR) is 126 cm³/mol. The lowest BCUT2D eigenvalue weighted by atomic mass is 10.0. The number of unbranched alkanes of at least 4 members (excludes halogenated alkanes) is 1. The molecule has 0 heterocycles. The van der Waals surface area contributed by atoms with E-state index < -0.39 is 22.5 Å². The summed E-state index contributed by atoms with van der Waals surface area (Å²) < 4.78 is 33.5. The molecule has 6 nitrogen and oxygen atoms in total. The minimum absolute atomic E-state index is 0.145. The first-order chi connectivity index (χ1) is 15.3. The zero-order valence-electron chi connectivity index (χ0n) is 17.2. The Balaban J connectivity index is 2.17. The number of halogens is 2. The van der Waals surface area contributed by atoms with Gasteiger partial charge in [-0.3, -0.25) is 9.10 Å². The number of hydrogen-bond acceptors (Lipinski definition) is 5. The van der Waals surface area contributed by atoms with Crippen LogP contribution in [0.3, 0.4) is 0 Å². The molecule has 3 aromatic carbocycles. The van der Waals surface area contributed by atoms with Crippen LogP contribution in [0.4, 0.5) is 5.69 Å². The molecule has 0 N–H and O–H groups in total. The highest BCUT2D eigenvalue weighted by atomic mass is 35.5. The van der Waals surface area contributed by atoms with Crippen molar-refractivity contribution in [2.45, 2.75) is 24.7 Å². The van der Waals surface area contributed by atoms with Crippen molar-refractivity contribution in [3.63, 3.8) is 0 Å². The van der Waals surface area contributed by atoms with Crippen LogP contribution in [0.25, 0.3) is 10.8 Å². The summed E-state index contributed by atoms with van der Waals surface area (Å²) >= 11 is 12.1. The molecule has 0 unspecified atom stereocenters. The Labute approximate surface area is 197 Å². The highest BCUT2D eigenvalue weighted by Gasteiger charge is 2.30. The Morgan fingerprint density at radius 3 is 2.38 bits per heavy atom. The first-order valence-corrected chi connectivity index (χ1v) is 12.0. The van der Waals surface area contributed by atoms with E-state index in [1.165, 1.54) is 18.2 Å². The van der Waals surface area contributed by atoms with Gasteiger partial charge in [0.05, 0.1) is 28.8 Å². The number of nitrogens with zero attached hydrogens (tertiary/aromatic N) is 2. The second-order valence-corrected chi connectivity index (χ2v) is 9.72. The molecule has 0 saturated carbocycles. The fraction of sp³-hybridized carbons (Fsp3) is 0.217. The molecule has 0 aliphatic rings. The molecule has 3 aromatic rings. The van der Waals surface area contributed by atoms with Crippen molar-refractivity contribution < 1.29 is 17.9 Å².